The minimum atomic E-state index is -1.00. The first-order chi connectivity index (χ1) is 14.0. The van der Waals surface area contributed by atoms with Crippen molar-refractivity contribution in [1.29, 1.82) is 0 Å². The van der Waals surface area contributed by atoms with Crippen LogP contribution in [0.3, 0.4) is 0 Å². The minimum Gasteiger partial charge on any atom is -0.493 e. The number of rotatable bonds is 10. The Hall–Kier alpha value is -3.62. The maximum Gasteiger partial charge on any atom is 0.345 e. The van der Waals surface area contributed by atoms with Crippen molar-refractivity contribution in [3.8, 4) is 11.5 Å². The van der Waals surface area contributed by atoms with Gasteiger partial charge < -0.3 is 19.5 Å². The number of carbonyl (C=O) groups is 2. The van der Waals surface area contributed by atoms with Gasteiger partial charge in [-0.15, -0.1) is 0 Å². The molecular formula is C20H22N2O7. The predicted molar refractivity (Wildman–Crippen MR) is 104 cm³/mol. The van der Waals surface area contributed by atoms with E-state index in [2.05, 4.69) is 5.32 Å². The molecule has 9 nitrogen and oxygen atoms in total. The lowest BCUT2D eigenvalue weighted by atomic mass is 10.1. The van der Waals surface area contributed by atoms with E-state index < -0.39 is 29.1 Å². The lowest BCUT2D eigenvalue weighted by Gasteiger charge is -2.10. The van der Waals surface area contributed by atoms with Crippen molar-refractivity contribution in [1.82, 2.24) is 5.32 Å². The molecule has 0 unspecified atom stereocenters. The van der Waals surface area contributed by atoms with Crippen molar-refractivity contribution in [3.05, 3.63) is 63.7 Å². The summed E-state index contributed by atoms with van der Waals surface area (Å²) in [5, 5.41) is 13.9. The predicted octanol–water partition coefficient (Wildman–Crippen LogP) is 2.52. The Morgan fingerprint density at radius 3 is 2.34 bits per heavy atom. The third kappa shape index (κ3) is 6.20. The number of hydrogen-bond donors (Lipinski definition) is 1. The quantitative estimate of drug-likeness (QED) is 0.281. The summed E-state index contributed by atoms with van der Waals surface area (Å²) in [6.07, 6.45) is 1.53. The first-order valence-corrected chi connectivity index (χ1v) is 8.84. The van der Waals surface area contributed by atoms with Gasteiger partial charge in [-0.2, -0.15) is 0 Å². The van der Waals surface area contributed by atoms with E-state index >= 15 is 0 Å². The van der Waals surface area contributed by atoms with Gasteiger partial charge in [0.05, 0.1) is 25.2 Å². The molecule has 1 N–H and O–H groups in total. The number of aryl methyl sites for hydroxylation is 1. The Labute approximate surface area is 167 Å². The number of amides is 1. The maximum absolute atomic E-state index is 12.3. The number of carbonyl (C=O) groups excluding carboxylic acids is 2. The topological polar surface area (TPSA) is 117 Å². The van der Waals surface area contributed by atoms with Gasteiger partial charge in [0.2, 0.25) is 0 Å². The molecule has 2 aromatic carbocycles. The molecule has 0 aliphatic carbocycles. The van der Waals surface area contributed by atoms with Gasteiger partial charge >= 0.3 is 5.97 Å². The van der Waals surface area contributed by atoms with Crippen LogP contribution < -0.4 is 14.8 Å². The molecule has 0 radical (unpaired) electrons. The summed E-state index contributed by atoms with van der Waals surface area (Å²) in [7, 11) is 2.66. The standard InChI is InChI=1S/C20H22N2O7/c1-27-17-11-15(16(22(25)26)12-18(17)28-2)20(24)29-13-19(23)21-10-6-9-14-7-4-3-5-8-14/h3-5,7-8,11-12H,6,9-10,13H2,1-2H3,(H,21,23). The van der Waals surface area contributed by atoms with E-state index in [0.29, 0.717) is 6.54 Å². The number of nitro benzene ring substituents is 1. The van der Waals surface area contributed by atoms with E-state index in [1.165, 1.54) is 14.2 Å². The van der Waals surface area contributed by atoms with Crippen LogP contribution in [0.5, 0.6) is 11.5 Å². The van der Waals surface area contributed by atoms with Crippen molar-refractivity contribution < 1.29 is 28.7 Å². The number of esters is 1. The average Bonchev–Trinajstić information content (AvgIpc) is 2.74. The molecule has 0 bridgehead atoms. The van der Waals surface area contributed by atoms with E-state index in [1.54, 1.807) is 0 Å². The molecule has 0 aliphatic heterocycles. The molecule has 0 aromatic heterocycles. The van der Waals surface area contributed by atoms with Crippen molar-refractivity contribution in [2.24, 2.45) is 0 Å². The molecular weight excluding hydrogens is 380 g/mol. The average molecular weight is 402 g/mol. The second-order valence-electron chi connectivity index (χ2n) is 6.00. The van der Waals surface area contributed by atoms with Crippen LogP contribution in [-0.4, -0.2) is 44.2 Å². The fraction of sp³-hybridized carbons (Fsp3) is 0.300. The maximum atomic E-state index is 12.3. The zero-order valence-corrected chi connectivity index (χ0v) is 16.2. The van der Waals surface area contributed by atoms with Crippen LogP contribution in [0, 0.1) is 10.1 Å². The van der Waals surface area contributed by atoms with Crippen LogP contribution in [-0.2, 0) is 16.0 Å². The number of nitrogens with one attached hydrogen (secondary N) is 1. The van der Waals surface area contributed by atoms with Crippen LogP contribution >= 0.6 is 0 Å². The lowest BCUT2D eigenvalue weighted by Crippen LogP contribution is -2.30. The van der Waals surface area contributed by atoms with Gasteiger partial charge in [-0.3, -0.25) is 14.9 Å². The molecule has 0 fully saturated rings. The van der Waals surface area contributed by atoms with E-state index in [9.17, 15) is 19.7 Å². The van der Waals surface area contributed by atoms with Gasteiger partial charge in [0.15, 0.2) is 18.1 Å². The second kappa shape index (κ2) is 10.6. The number of ether oxygens (including phenoxy) is 3. The molecule has 9 heteroatoms. The highest BCUT2D eigenvalue weighted by Crippen LogP contribution is 2.34. The van der Waals surface area contributed by atoms with Gasteiger partial charge in [-0.25, -0.2) is 4.79 Å². The van der Waals surface area contributed by atoms with Crippen molar-refractivity contribution in [3.63, 3.8) is 0 Å². The van der Waals surface area contributed by atoms with Gasteiger partial charge in [-0.1, -0.05) is 30.3 Å². The SMILES string of the molecule is COc1cc(C(=O)OCC(=O)NCCCc2ccccc2)c([N+](=O)[O-])cc1OC. The smallest absolute Gasteiger partial charge is 0.345 e. The molecule has 1 amide bonds. The van der Waals surface area contributed by atoms with Crippen molar-refractivity contribution in [2.45, 2.75) is 12.8 Å². The van der Waals surface area contributed by atoms with Gasteiger partial charge in [0, 0.05) is 12.6 Å². The van der Waals surface area contributed by atoms with E-state index in [4.69, 9.17) is 14.2 Å². The first-order valence-electron chi connectivity index (χ1n) is 8.84. The molecule has 0 heterocycles. The van der Waals surface area contributed by atoms with Crippen molar-refractivity contribution in [2.75, 3.05) is 27.4 Å². The van der Waals surface area contributed by atoms with Crippen LogP contribution in [0.25, 0.3) is 0 Å². The van der Waals surface area contributed by atoms with Crippen LogP contribution in [0.2, 0.25) is 0 Å². The fourth-order valence-electron chi connectivity index (χ4n) is 2.61. The number of nitrogens with zero attached hydrogens (tertiary/aromatic N) is 1. The molecule has 0 aliphatic rings. The summed E-state index contributed by atoms with van der Waals surface area (Å²) in [6.45, 7) is -0.128. The van der Waals surface area contributed by atoms with E-state index in [0.717, 1.165) is 30.5 Å². The highest BCUT2D eigenvalue weighted by atomic mass is 16.6. The summed E-state index contributed by atoms with van der Waals surface area (Å²) in [6, 6.07) is 12.0. The number of benzene rings is 2. The minimum absolute atomic E-state index is 0.104. The summed E-state index contributed by atoms with van der Waals surface area (Å²) in [5.41, 5.74) is 0.328. The van der Waals surface area contributed by atoms with Crippen LogP contribution in [0.1, 0.15) is 22.3 Å². The first kappa shape index (κ1) is 21.7. The summed E-state index contributed by atoms with van der Waals surface area (Å²) in [5.74, 6) is -1.26. The largest absolute Gasteiger partial charge is 0.493 e. The summed E-state index contributed by atoms with van der Waals surface area (Å²) < 4.78 is 15.0. The number of methoxy groups -OCH3 is 2. The van der Waals surface area contributed by atoms with Crippen molar-refractivity contribution >= 4 is 17.6 Å². The highest BCUT2D eigenvalue weighted by Gasteiger charge is 2.26. The molecule has 0 atom stereocenters. The molecule has 154 valence electrons. The highest BCUT2D eigenvalue weighted by molar-refractivity contribution is 5.96. The van der Waals surface area contributed by atoms with Gasteiger partial charge in [-0.05, 0) is 18.4 Å². The molecule has 2 rings (SSSR count). The third-order valence-electron chi connectivity index (χ3n) is 4.06. The summed E-state index contributed by atoms with van der Waals surface area (Å²) in [4.78, 5) is 34.6. The molecule has 0 spiro atoms. The Morgan fingerprint density at radius 1 is 1.07 bits per heavy atom. The Bertz CT molecular complexity index is 869. The number of nitro groups is 1. The molecule has 0 saturated heterocycles. The Balaban J connectivity index is 1.89. The molecule has 29 heavy (non-hydrogen) atoms. The van der Waals surface area contributed by atoms with Crippen LogP contribution in [0.15, 0.2) is 42.5 Å². The Kier molecular flexibility index (Phi) is 7.96. The Morgan fingerprint density at radius 2 is 1.72 bits per heavy atom. The zero-order chi connectivity index (χ0) is 21.2. The monoisotopic (exact) mass is 402 g/mol. The summed E-state index contributed by atoms with van der Waals surface area (Å²) >= 11 is 0. The van der Waals surface area contributed by atoms with Gasteiger partial charge in [0.25, 0.3) is 11.6 Å². The van der Waals surface area contributed by atoms with E-state index in [1.807, 2.05) is 30.3 Å². The third-order valence-corrected chi connectivity index (χ3v) is 4.06. The normalized spacial score (nSPS) is 10.1. The van der Waals surface area contributed by atoms with Gasteiger partial charge in [0.1, 0.15) is 5.56 Å². The molecule has 2 aromatic rings. The number of hydrogen-bond acceptors (Lipinski definition) is 7. The van der Waals surface area contributed by atoms with Crippen LogP contribution in [0.4, 0.5) is 5.69 Å². The fourth-order valence-corrected chi connectivity index (χ4v) is 2.61. The zero-order valence-electron chi connectivity index (χ0n) is 16.2. The van der Waals surface area contributed by atoms with E-state index in [-0.39, 0.29) is 17.1 Å². The molecule has 0 saturated carbocycles. The second-order valence-corrected chi connectivity index (χ2v) is 6.00. The lowest BCUT2D eigenvalue weighted by molar-refractivity contribution is -0.385.